The van der Waals surface area contributed by atoms with E-state index in [0.29, 0.717) is 0 Å². The summed E-state index contributed by atoms with van der Waals surface area (Å²) in [5.41, 5.74) is 0. The zero-order chi connectivity index (χ0) is 5.70. The van der Waals surface area contributed by atoms with E-state index in [2.05, 4.69) is 4.74 Å². The van der Waals surface area contributed by atoms with Crippen LogP contribution in [0.15, 0.2) is 0 Å². The minimum absolute atomic E-state index is 0.167. The standard InChI is InChI=1S/C3H6O.C2H4O/c1-3(2)4;1-2-3-1/h1-2H3;1-2H2. The molecule has 1 fully saturated rings. The first kappa shape index (κ1) is 6.63. The maximum absolute atomic E-state index is 9.44. The molecule has 0 radical (unpaired) electrons. The molecule has 0 spiro atoms. The molecular weight excluding hydrogens is 92.1 g/mol. The van der Waals surface area contributed by atoms with E-state index in [-0.39, 0.29) is 5.78 Å². The maximum Gasteiger partial charge on any atom is 0.126 e. The molecule has 1 aliphatic rings. The highest BCUT2D eigenvalue weighted by molar-refractivity contribution is 5.72. The normalized spacial score (nSPS) is 14.0. The number of ketones is 1. The van der Waals surface area contributed by atoms with Gasteiger partial charge in [-0.15, -0.1) is 0 Å². The van der Waals surface area contributed by atoms with Crippen molar-refractivity contribution < 1.29 is 9.53 Å². The van der Waals surface area contributed by atoms with Gasteiger partial charge in [-0.25, -0.2) is 0 Å². The molecule has 0 bridgehead atoms. The third-order valence-corrected chi connectivity index (χ3v) is 0.204. The van der Waals surface area contributed by atoms with Crippen LogP contribution in [0.4, 0.5) is 0 Å². The van der Waals surface area contributed by atoms with Crippen molar-refractivity contribution in [3.63, 3.8) is 0 Å². The first-order valence-corrected chi connectivity index (χ1v) is 2.28. The van der Waals surface area contributed by atoms with Gasteiger partial charge in [0.1, 0.15) is 5.78 Å². The molecule has 0 unspecified atom stereocenters. The summed E-state index contributed by atoms with van der Waals surface area (Å²) in [6.07, 6.45) is 0. The van der Waals surface area contributed by atoms with Gasteiger partial charge < -0.3 is 9.53 Å². The van der Waals surface area contributed by atoms with Crippen molar-refractivity contribution in [3.8, 4) is 0 Å². The summed E-state index contributed by atoms with van der Waals surface area (Å²) in [5, 5.41) is 0. The molecule has 0 aromatic rings. The van der Waals surface area contributed by atoms with E-state index in [1.165, 1.54) is 13.8 Å². The zero-order valence-corrected chi connectivity index (χ0v) is 4.73. The molecule has 2 heteroatoms. The van der Waals surface area contributed by atoms with Gasteiger partial charge in [0.15, 0.2) is 0 Å². The Kier molecular flexibility index (Phi) is 3.61. The fraction of sp³-hybridized carbons (Fsp3) is 0.800. The van der Waals surface area contributed by atoms with Crippen LogP contribution in [0.25, 0.3) is 0 Å². The van der Waals surface area contributed by atoms with Gasteiger partial charge in [0.2, 0.25) is 0 Å². The van der Waals surface area contributed by atoms with Gasteiger partial charge in [0, 0.05) is 0 Å². The number of Topliss-reactive ketones (excluding diaryl/α,β-unsaturated/α-hetero) is 1. The van der Waals surface area contributed by atoms with Gasteiger partial charge in [-0.1, -0.05) is 0 Å². The lowest BCUT2D eigenvalue weighted by Crippen LogP contribution is -1.69. The number of rotatable bonds is 0. The Morgan fingerprint density at radius 2 is 1.57 bits per heavy atom. The van der Waals surface area contributed by atoms with Crippen molar-refractivity contribution in [1.82, 2.24) is 0 Å². The topological polar surface area (TPSA) is 29.6 Å². The van der Waals surface area contributed by atoms with Crippen LogP contribution in [-0.4, -0.2) is 19.0 Å². The Labute approximate surface area is 43.5 Å². The number of hydrogen-bond acceptors (Lipinski definition) is 2. The minimum atomic E-state index is 0.167. The number of ether oxygens (including phenoxy) is 1. The van der Waals surface area contributed by atoms with E-state index >= 15 is 0 Å². The predicted molar refractivity (Wildman–Crippen MR) is 27.2 cm³/mol. The second kappa shape index (κ2) is 3.81. The lowest BCUT2D eigenvalue weighted by molar-refractivity contribution is -0.114. The Hall–Kier alpha value is -0.370. The van der Waals surface area contributed by atoms with Crippen molar-refractivity contribution >= 4 is 5.78 Å². The van der Waals surface area contributed by atoms with Crippen LogP contribution in [-0.2, 0) is 9.53 Å². The first-order valence-electron chi connectivity index (χ1n) is 2.28. The van der Waals surface area contributed by atoms with E-state index in [0.717, 1.165) is 13.2 Å². The fourth-order valence-corrected chi connectivity index (χ4v) is 0. The third kappa shape index (κ3) is 187. The molecule has 1 heterocycles. The van der Waals surface area contributed by atoms with E-state index in [1.54, 1.807) is 0 Å². The van der Waals surface area contributed by atoms with E-state index < -0.39 is 0 Å². The largest absolute Gasteiger partial charge is 0.377 e. The van der Waals surface area contributed by atoms with Crippen LogP contribution >= 0.6 is 0 Å². The lowest BCUT2D eigenvalue weighted by atomic mass is 10.6. The van der Waals surface area contributed by atoms with E-state index in [9.17, 15) is 4.79 Å². The average Bonchev–Trinajstić information content (AvgIpc) is 2.02. The molecular formula is C5H10O2. The van der Waals surface area contributed by atoms with Gasteiger partial charge in [-0.3, -0.25) is 0 Å². The van der Waals surface area contributed by atoms with Crippen LogP contribution in [0.1, 0.15) is 13.8 Å². The van der Waals surface area contributed by atoms with Gasteiger partial charge >= 0.3 is 0 Å². The predicted octanol–water partition coefficient (Wildman–Crippen LogP) is 0.612. The first-order chi connectivity index (χ1) is 3.23. The highest BCUT2D eigenvalue weighted by Crippen LogP contribution is 1.84. The van der Waals surface area contributed by atoms with Crippen LogP contribution < -0.4 is 0 Å². The number of carbonyl (C=O) groups is 1. The average molecular weight is 102 g/mol. The van der Waals surface area contributed by atoms with E-state index in [4.69, 9.17) is 0 Å². The quantitative estimate of drug-likeness (QED) is 0.419. The second-order valence-electron chi connectivity index (χ2n) is 1.52. The summed E-state index contributed by atoms with van der Waals surface area (Å²) in [7, 11) is 0. The van der Waals surface area contributed by atoms with Crippen molar-refractivity contribution in [1.29, 1.82) is 0 Å². The third-order valence-electron chi connectivity index (χ3n) is 0.204. The Bertz CT molecular complexity index is 50.3. The van der Waals surface area contributed by atoms with Crippen LogP contribution in [0.3, 0.4) is 0 Å². The van der Waals surface area contributed by atoms with Gasteiger partial charge in [0.25, 0.3) is 0 Å². The van der Waals surface area contributed by atoms with Crippen LogP contribution in [0.5, 0.6) is 0 Å². The fourth-order valence-electron chi connectivity index (χ4n) is 0. The van der Waals surface area contributed by atoms with Gasteiger partial charge in [0.05, 0.1) is 13.2 Å². The summed E-state index contributed by atoms with van der Waals surface area (Å²) in [6.45, 7) is 5.06. The SMILES string of the molecule is C1CO1.CC(C)=O. The summed E-state index contributed by atoms with van der Waals surface area (Å²) in [5.74, 6) is 0.167. The highest BCUT2D eigenvalue weighted by Gasteiger charge is 1.94. The highest BCUT2D eigenvalue weighted by atomic mass is 16.6. The molecule has 1 aliphatic heterocycles. The van der Waals surface area contributed by atoms with E-state index in [1.807, 2.05) is 0 Å². The molecule has 0 saturated carbocycles. The molecule has 0 atom stereocenters. The number of hydrogen-bond donors (Lipinski definition) is 0. The Morgan fingerprint density at radius 1 is 1.43 bits per heavy atom. The summed E-state index contributed by atoms with van der Waals surface area (Å²) in [6, 6.07) is 0. The molecule has 2 nitrogen and oxygen atoms in total. The molecule has 0 N–H and O–H groups in total. The smallest absolute Gasteiger partial charge is 0.126 e. The van der Waals surface area contributed by atoms with Crippen molar-refractivity contribution in [2.24, 2.45) is 0 Å². The number of carbonyl (C=O) groups excluding carboxylic acids is 1. The molecule has 1 saturated heterocycles. The van der Waals surface area contributed by atoms with Crippen LogP contribution in [0, 0.1) is 0 Å². The summed E-state index contributed by atoms with van der Waals surface area (Å²) < 4.78 is 4.50. The van der Waals surface area contributed by atoms with Gasteiger partial charge in [-0.2, -0.15) is 0 Å². The number of epoxide rings is 1. The van der Waals surface area contributed by atoms with Gasteiger partial charge in [-0.05, 0) is 13.8 Å². The molecule has 0 amide bonds. The lowest BCUT2D eigenvalue weighted by Gasteiger charge is -1.56. The van der Waals surface area contributed by atoms with Crippen molar-refractivity contribution in [2.45, 2.75) is 13.8 Å². The Morgan fingerprint density at radius 3 is 1.57 bits per heavy atom. The monoisotopic (exact) mass is 102 g/mol. The van der Waals surface area contributed by atoms with Crippen molar-refractivity contribution in [3.05, 3.63) is 0 Å². The molecule has 0 aliphatic carbocycles. The minimum Gasteiger partial charge on any atom is -0.377 e. The Balaban J connectivity index is 0.000000105. The molecule has 42 valence electrons. The van der Waals surface area contributed by atoms with Crippen LogP contribution in [0.2, 0.25) is 0 Å². The van der Waals surface area contributed by atoms with Crippen molar-refractivity contribution in [2.75, 3.05) is 13.2 Å². The molecule has 1 rings (SSSR count). The summed E-state index contributed by atoms with van der Waals surface area (Å²) >= 11 is 0. The maximum atomic E-state index is 9.44. The second-order valence-corrected chi connectivity index (χ2v) is 1.52. The molecule has 7 heavy (non-hydrogen) atoms. The summed E-state index contributed by atoms with van der Waals surface area (Å²) in [4.78, 5) is 9.44. The molecule has 0 aromatic heterocycles. The molecule has 0 aromatic carbocycles. The zero-order valence-electron chi connectivity index (χ0n) is 4.73.